The van der Waals surface area contributed by atoms with Crippen molar-refractivity contribution in [3.05, 3.63) is 23.0 Å². The average Bonchev–Trinajstić information content (AvgIpc) is 2.78. The lowest BCUT2D eigenvalue weighted by Crippen LogP contribution is -2.39. The summed E-state index contributed by atoms with van der Waals surface area (Å²) in [6.07, 6.45) is 0.176. The first-order valence-electron chi connectivity index (χ1n) is 7.58. The lowest BCUT2D eigenvalue weighted by Gasteiger charge is -2.31. The lowest BCUT2D eigenvalue weighted by molar-refractivity contribution is -0.144. The van der Waals surface area contributed by atoms with E-state index in [2.05, 4.69) is 4.98 Å². The molecule has 1 fully saturated rings. The van der Waals surface area contributed by atoms with Crippen LogP contribution < -0.4 is 0 Å². The van der Waals surface area contributed by atoms with Crippen molar-refractivity contribution < 1.29 is 22.7 Å². The maximum atomic E-state index is 12.9. The fraction of sp³-hybridized carbons (Fsp3) is 0.500. The molecule has 0 radical (unpaired) electrons. The number of rotatable bonds is 3. The predicted molar refractivity (Wildman–Crippen MR) is 89.1 cm³/mol. The van der Waals surface area contributed by atoms with Gasteiger partial charge in [0.1, 0.15) is 10.4 Å². The fourth-order valence-corrected chi connectivity index (χ4v) is 5.24. The van der Waals surface area contributed by atoms with Crippen molar-refractivity contribution in [1.82, 2.24) is 4.98 Å². The van der Waals surface area contributed by atoms with Crippen molar-refractivity contribution in [2.24, 2.45) is 5.92 Å². The Bertz CT molecular complexity index is 920. The first-order chi connectivity index (χ1) is 11.0. The molecule has 0 spiro atoms. The molecule has 1 saturated carbocycles. The van der Waals surface area contributed by atoms with Crippen LogP contribution in [-0.2, 0) is 20.0 Å². The topological polar surface area (TPSA) is 97.5 Å². The molecule has 0 aliphatic heterocycles. The number of aliphatic carboxylic acids is 1. The van der Waals surface area contributed by atoms with Gasteiger partial charge in [0.25, 0.3) is 0 Å². The molecule has 0 saturated heterocycles. The number of carbonyl (C=O) groups is 1. The third kappa shape index (κ3) is 2.69. The number of hydrogen-bond acceptors (Lipinski definition) is 5. The minimum atomic E-state index is -3.79. The zero-order chi connectivity index (χ0) is 17.9. The Morgan fingerprint density at radius 2 is 1.96 bits per heavy atom. The molecule has 0 amide bonds. The van der Waals surface area contributed by atoms with Gasteiger partial charge in [0, 0.05) is 5.41 Å². The van der Waals surface area contributed by atoms with Gasteiger partial charge in [-0.05, 0) is 25.0 Å². The molecule has 1 heterocycles. The highest BCUT2D eigenvalue weighted by Gasteiger charge is 2.45. The van der Waals surface area contributed by atoms with Gasteiger partial charge in [-0.15, -0.1) is 0 Å². The van der Waals surface area contributed by atoms with Gasteiger partial charge in [0.2, 0.25) is 5.89 Å². The molecular weight excluding hydrogens is 354 g/mol. The Morgan fingerprint density at radius 1 is 1.33 bits per heavy atom. The number of halogens is 1. The molecule has 0 bridgehead atoms. The standard InChI is InChI=1S/C16H18ClNO5S/c1-16(2,3)15-18-11-5-4-10(17)13(12(11)23-15)24(21,22)9-6-8(7-9)14(19)20/h4-5,8-9H,6-7H2,1-3H3,(H,19,20). The van der Waals surface area contributed by atoms with Gasteiger partial charge in [0.15, 0.2) is 15.4 Å². The third-order valence-electron chi connectivity index (χ3n) is 4.27. The monoisotopic (exact) mass is 371 g/mol. The number of carboxylic acid groups (broad SMARTS) is 1. The Morgan fingerprint density at radius 3 is 2.50 bits per heavy atom. The molecule has 1 aliphatic rings. The van der Waals surface area contributed by atoms with Crippen LogP contribution in [-0.4, -0.2) is 29.7 Å². The highest BCUT2D eigenvalue weighted by Crippen LogP contribution is 2.41. The summed E-state index contributed by atoms with van der Waals surface area (Å²) in [5.41, 5.74) is 0.195. The zero-order valence-corrected chi connectivity index (χ0v) is 15.1. The van der Waals surface area contributed by atoms with Crippen LogP contribution in [0.2, 0.25) is 5.02 Å². The normalized spacial score (nSPS) is 21.7. The summed E-state index contributed by atoms with van der Waals surface area (Å²) in [4.78, 5) is 15.2. The second-order valence-electron chi connectivity index (χ2n) is 7.17. The molecule has 0 atom stereocenters. The SMILES string of the molecule is CC(C)(C)c1nc2ccc(Cl)c(S(=O)(=O)C3CC(C(=O)O)C3)c2o1. The third-order valence-corrected chi connectivity index (χ3v) is 6.94. The maximum Gasteiger partial charge on any atom is 0.306 e. The van der Waals surface area contributed by atoms with E-state index in [0.717, 1.165) is 0 Å². The first kappa shape index (κ1) is 17.2. The van der Waals surface area contributed by atoms with Crippen molar-refractivity contribution in [1.29, 1.82) is 0 Å². The van der Waals surface area contributed by atoms with Gasteiger partial charge < -0.3 is 9.52 Å². The van der Waals surface area contributed by atoms with E-state index >= 15 is 0 Å². The van der Waals surface area contributed by atoms with E-state index < -0.39 is 27.0 Å². The number of carboxylic acids is 1. The van der Waals surface area contributed by atoms with Gasteiger partial charge >= 0.3 is 5.97 Å². The second kappa shape index (κ2) is 5.46. The molecule has 0 unspecified atom stereocenters. The minimum Gasteiger partial charge on any atom is -0.481 e. The molecular formula is C16H18ClNO5S. The highest BCUT2D eigenvalue weighted by atomic mass is 35.5. The van der Waals surface area contributed by atoms with Crippen LogP contribution >= 0.6 is 11.6 Å². The summed E-state index contributed by atoms with van der Waals surface area (Å²) in [6.45, 7) is 5.74. The largest absolute Gasteiger partial charge is 0.481 e. The Kier molecular flexibility index (Phi) is 3.92. The molecule has 1 aromatic carbocycles. The van der Waals surface area contributed by atoms with Crippen molar-refractivity contribution in [3.63, 3.8) is 0 Å². The summed E-state index contributed by atoms with van der Waals surface area (Å²) in [5, 5.41) is 8.27. The second-order valence-corrected chi connectivity index (χ2v) is 9.74. The number of benzene rings is 1. The average molecular weight is 372 g/mol. The summed E-state index contributed by atoms with van der Waals surface area (Å²) in [5.74, 6) is -1.17. The number of oxazole rings is 1. The van der Waals surface area contributed by atoms with Crippen LogP contribution in [0.3, 0.4) is 0 Å². The molecule has 24 heavy (non-hydrogen) atoms. The Balaban J connectivity index is 2.10. The summed E-state index contributed by atoms with van der Waals surface area (Å²) in [7, 11) is -3.79. The van der Waals surface area contributed by atoms with Crippen molar-refractivity contribution in [3.8, 4) is 0 Å². The van der Waals surface area contributed by atoms with E-state index in [1.54, 1.807) is 6.07 Å². The predicted octanol–water partition coefficient (Wildman–Crippen LogP) is 3.42. The van der Waals surface area contributed by atoms with Crippen LogP contribution in [0.4, 0.5) is 0 Å². The van der Waals surface area contributed by atoms with E-state index in [-0.39, 0.29) is 33.8 Å². The van der Waals surface area contributed by atoms with Crippen molar-refractivity contribution >= 4 is 38.5 Å². The number of nitrogens with zero attached hydrogens (tertiary/aromatic N) is 1. The van der Waals surface area contributed by atoms with Crippen molar-refractivity contribution in [2.45, 2.75) is 49.2 Å². The quantitative estimate of drug-likeness (QED) is 0.887. The lowest BCUT2D eigenvalue weighted by atomic mass is 9.85. The van der Waals surface area contributed by atoms with E-state index in [9.17, 15) is 13.2 Å². The number of hydrogen-bond donors (Lipinski definition) is 1. The summed E-state index contributed by atoms with van der Waals surface area (Å²) in [6, 6.07) is 3.11. The fourth-order valence-electron chi connectivity index (χ4n) is 2.72. The van der Waals surface area contributed by atoms with Gasteiger partial charge in [0.05, 0.1) is 16.2 Å². The van der Waals surface area contributed by atoms with Crippen LogP contribution in [0, 0.1) is 5.92 Å². The minimum absolute atomic E-state index is 0.0675. The zero-order valence-electron chi connectivity index (χ0n) is 13.5. The molecule has 8 heteroatoms. The molecule has 6 nitrogen and oxygen atoms in total. The molecule has 1 N–H and O–H groups in total. The molecule has 1 aliphatic carbocycles. The summed E-state index contributed by atoms with van der Waals surface area (Å²) < 4.78 is 31.6. The van der Waals surface area contributed by atoms with Crippen LogP contribution in [0.5, 0.6) is 0 Å². The van der Waals surface area contributed by atoms with Crippen LogP contribution in [0.15, 0.2) is 21.4 Å². The Hall–Kier alpha value is -1.60. The van der Waals surface area contributed by atoms with Gasteiger partial charge in [-0.2, -0.15) is 0 Å². The number of aromatic nitrogens is 1. The number of fused-ring (bicyclic) bond motifs is 1. The molecule has 3 rings (SSSR count). The van der Waals surface area contributed by atoms with Gasteiger partial charge in [-0.3, -0.25) is 4.79 Å². The van der Waals surface area contributed by atoms with E-state index in [0.29, 0.717) is 11.4 Å². The van der Waals surface area contributed by atoms with Crippen molar-refractivity contribution in [2.75, 3.05) is 0 Å². The smallest absolute Gasteiger partial charge is 0.306 e. The molecule has 1 aromatic heterocycles. The Labute approximate surface area is 144 Å². The van der Waals surface area contributed by atoms with Crippen LogP contribution in [0.25, 0.3) is 11.1 Å². The van der Waals surface area contributed by atoms with E-state index in [1.807, 2.05) is 20.8 Å². The van der Waals surface area contributed by atoms with Crippen LogP contribution in [0.1, 0.15) is 39.5 Å². The summed E-state index contributed by atoms with van der Waals surface area (Å²) >= 11 is 6.15. The highest BCUT2D eigenvalue weighted by molar-refractivity contribution is 7.92. The molecule has 2 aromatic rings. The molecule has 130 valence electrons. The van der Waals surface area contributed by atoms with Gasteiger partial charge in [-0.1, -0.05) is 32.4 Å². The van der Waals surface area contributed by atoms with E-state index in [1.165, 1.54) is 6.07 Å². The van der Waals surface area contributed by atoms with E-state index in [4.69, 9.17) is 21.1 Å². The first-order valence-corrected chi connectivity index (χ1v) is 9.50. The number of sulfone groups is 1. The van der Waals surface area contributed by atoms with Gasteiger partial charge in [-0.25, -0.2) is 13.4 Å². The maximum absolute atomic E-state index is 12.9.